The van der Waals surface area contributed by atoms with E-state index >= 15 is 0 Å². The highest BCUT2D eigenvalue weighted by Gasteiger charge is 2.25. The predicted molar refractivity (Wildman–Crippen MR) is 105 cm³/mol. The zero-order chi connectivity index (χ0) is 18.4. The van der Waals surface area contributed by atoms with Gasteiger partial charge in [-0.05, 0) is 56.7 Å². The Balaban J connectivity index is 1.45. The van der Waals surface area contributed by atoms with Crippen LogP contribution >= 0.6 is 0 Å². The number of hydrogen-bond acceptors (Lipinski definition) is 3. The highest BCUT2D eigenvalue weighted by atomic mass is 19.1. The standard InChI is InChI=1S/C22H35FN2O/c1-18(2)14-25(17-21-7-5-13-26-21)15-19-9-11-24(12-10-19)16-20-6-3-4-8-22(20)23/h3-4,6,8,18-19,21H,5,7,9-17H2,1-2H3/t21-/m1/s1. The first kappa shape index (κ1) is 19.8. The molecular weight excluding hydrogens is 327 g/mol. The van der Waals surface area contributed by atoms with E-state index in [1.165, 1.54) is 32.2 Å². The van der Waals surface area contributed by atoms with Gasteiger partial charge in [-0.1, -0.05) is 32.0 Å². The maximum absolute atomic E-state index is 13.9. The fourth-order valence-electron chi connectivity index (χ4n) is 4.38. The molecule has 26 heavy (non-hydrogen) atoms. The van der Waals surface area contributed by atoms with E-state index in [2.05, 4.69) is 23.6 Å². The first-order chi connectivity index (χ1) is 12.6. The van der Waals surface area contributed by atoms with Crippen molar-refractivity contribution in [3.8, 4) is 0 Å². The van der Waals surface area contributed by atoms with E-state index in [9.17, 15) is 4.39 Å². The van der Waals surface area contributed by atoms with E-state index in [4.69, 9.17) is 4.74 Å². The molecule has 0 spiro atoms. The Kier molecular flexibility index (Phi) is 7.47. The summed E-state index contributed by atoms with van der Waals surface area (Å²) >= 11 is 0. The fraction of sp³-hybridized carbons (Fsp3) is 0.727. The van der Waals surface area contributed by atoms with E-state index in [-0.39, 0.29) is 5.82 Å². The summed E-state index contributed by atoms with van der Waals surface area (Å²) in [7, 11) is 0. The zero-order valence-electron chi connectivity index (χ0n) is 16.5. The number of rotatable bonds is 8. The lowest BCUT2D eigenvalue weighted by atomic mass is 9.95. The van der Waals surface area contributed by atoms with Gasteiger partial charge in [0.25, 0.3) is 0 Å². The third-order valence-corrected chi connectivity index (χ3v) is 5.68. The van der Waals surface area contributed by atoms with Gasteiger partial charge >= 0.3 is 0 Å². The van der Waals surface area contributed by atoms with Gasteiger partial charge in [0.15, 0.2) is 0 Å². The molecule has 0 amide bonds. The number of halogens is 1. The summed E-state index contributed by atoms with van der Waals surface area (Å²) in [5.41, 5.74) is 0.825. The molecule has 2 heterocycles. The number of hydrogen-bond donors (Lipinski definition) is 0. The quantitative estimate of drug-likeness (QED) is 0.690. The molecule has 1 aromatic carbocycles. The Bertz CT molecular complexity index is 537. The van der Waals surface area contributed by atoms with Gasteiger partial charge in [0.2, 0.25) is 0 Å². The molecule has 2 fully saturated rings. The minimum atomic E-state index is -0.0747. The van der Waals surface area contributed by atoms with Crippen molar-refractivity contribution in [3.05, 3.63) is 35.6 Å². The molecular formula is C22H35FN2O. The van der Waals surface area contributed by atoms with Crippen molar-refractivity contribution in [1.29, 1.82) is 0 Å². The van der Waals surface area contributed by atoms with Crippen LogP contribution in [0.5, 0.6) is 0 Å². The first-order valence-electron chi connectivity index (χ1n) is 10.4. The van der Waals surface area contributed by atoms with Crippen molar-refractivity contribution in [2.24, 2.45) is 11.8 Å². The lowest BCUT2D eigenvalue weighted by Gasteiger charge is -2.36. The molecule has 0 unspecified atom stereocenters. The Hall–Kier alpha value is -0.970. The van der Waals surface area contributed by atoms with Crippen molar-refractivity contribution in [3.63, 3.8) is 0 Å². The second-order valence-electron chi connectivity index (χ2n) is 8.56. The van der Waals surface area contributed by atoms with Crippen LogP contribution in [0.25, 0.3) is 0 Å². The minimum absolute atomic E-state index is 0.0747. The SMILES string of the molecule is CC(C)CN(CC1CCN(Cc2ccccc2F)CC1)C[C@H]1CCCO1. The van der Waals surface area contributed by atoms with Gasteiger partial charge in [0.1, 0.15) is 5.82 Å². The molecule has 0 N–H and O–H groups in total. The first-order valence-corrected chi connectivity index (χ1v) is 10.4. The topological polar surface area (TPSA) is 15.7 Å². The molecule has 146 valence electrons. The van der Waals surface area contributed by atoms with Crippen molar-refractivity contribution < 1.29 is 9.13 Å². The van der Waals surface area contributed by atoms with Crippen molar-refractivity contribution in [1.82, 2.24) is 9.80 Å². The largest absolute Gasteiger partial charge is 0.377 e. The van der Waals surface area contributed by atoms with Crippen molar-refractivity contribution in [2.45, 2.75) is 52.2 Å². The maximum atomic E-state index is 13.9. The van der Waals surface area contributed by atoms with E-state index in [0.717, 1.165) is 50.8 Å². The van der Waals surface area contributed by atoms with Crippen molar-refractivity contribution >= 4 is 0 Å². The Morgan fingerprint density at radius 3 is 2.58 bits per heavy atom. The van der Waals surface area contributed by atoms with E-state index < -0.39 is 0 Å². The molecule has 0 aliphatic carbocycles. The Morgan fingerprint density at radius 2 is 1.92 bits per heavy atom. The normalized spacial score (nSPS) is 22.6. The summed E-state index contributed by atoms with van der Waals surface area (Å²) in [4.78, 5) is 5.04. The predicted octanol–water partition coefficient (Wildman–Crippen LogP) is 4.17. The highest BCUT2D eigenvalue weighted by Crippen LogP contribution is 2.22. The van der Waals surface area contributed by atoms with Gasteiger partial charge in [-0.3, -0.25) is 4.90 Å². The van der Waals surface area contributed by atoms with Crippen LogP contribution in [0.3, 0.4) is 0 Å². The third-order valence-electron chi connectivity index (χ3n) is 5.68. The molecule has 0 bridgehead atoms. The van der Waals surface area contributed by atoms with Crippen LogP contribution < -0.4 is 0 Å². The van der Waals surface area contributed by atoms with Crippen LogP contribution in [0.4, 0.5) is 4.39 Å². The van der Waals surface area contributed by atoms with E-state index in [0.29, 0.717) is 12.0 Å². The van der Waals surface area contributed by atoms with Crippen LogP contribution in [-0.4, -0.2) is 55.2 Å². The molecule has 1 atom stereocenters. The Morgan fingerprint density at radius 1 is 1.15 bits per heavy atom. The Labute approximate surface area is 158 Å². The highest BCUT2D eigenvalue weighted by molar-refractivity contribution is 5.17. The maximum Gasteiger partial charge on any atom is 0.127 e. The monoisotopic (exact) mass is 362 g/mol. The molecule has 3 nitrogen and oxygen atoms in total. The number of likely N-dealkylation sites (tertiary alicyclic amines) is 1. The summed E-state index contributed by atoms with van der Waals surface area (Å²) in [6.07, 6.45) is 5.31. The molecule has 2 aliphatic heterocycles. The smallest absolute Gasteiger partial charge is 0.127 e. The second-order valence-corrected chi connectivity index (χ2v) is 8.56. The zero-order valence-corrected chi connectivity index (χ0v) is 16.5. The minimum Gasteiger partial charge on any atom is -0.377 e. The fourth-order valence-corrected chi connectivity index (χ4v) is 4.38. The summed E-state index contributed by atoms with van der Waals surface area (Å²) in [6, 6.07) is 7.17. The molecule has 2 aliphatic rings. The second kappa shape index (κ2) is 9.82. The lowest BCUT2D eigenvalue weighted by Crippen LogP contribution is -2.42. The summed E-state index contributed by atoms with van der Waals surface area (Å²) in [5.74, 6) is 1.37. The third kappa shape index (κ3) is 6.04. The lowest BCUT2D eigenvalue weighted by molar-refractivity contribution is 0.0555. The molecule has 3 rings (SSSR count). The van der Waals surface area contributed by atoms with Crippen LogP contribution in [0.2, 0.25) is 0 Å². The van der Waals surface area contributed by atoms with Gasteiger partial charge in [-0.2, -0.15) is 0 Å². The summed E-state index contributed by atoms with van der Waals surface area (Å²) in [5, 5.41) is 0. The molecule has 0 aromatic heterocycles. The number of nitrogens with zero attached hydrogens (tertiary/aromatic N) is 2. The van der Waals surface area contributed by atoms with Crippen molar-refractivity contribution in [2.75, 3.05) is 39.3 Å². The van der Waals surface area contributed by atoms with Gasteiger partial charge in [0, 0.05) is 38.3 Å². The molecule has 2 saturated heterocycles. The number of ether oxygens (including phenoxy) is 1. The number of benzene rings is 1. The van der Waals surface area contributed by atoms with E-state index in [1.807, 2.05) is 12.1 Å². The molecule has 4 heteroatoms. The number of piperidine rings is 1. The van der Waals surface area contributed by atoms with E-state index in [1.54, 1.807) is 12.1 Å². The average Bonchev–Trinajstić information content (AvgIpc) is 3.11. The van der Waals surface area contributed by atoms with Gasteiger partial charge in [-0.25, -0.2) is 4.39 Å². The summed E-state index contributed by atoms with van der Waals surface area (Å²) < 4.78 is 19.7. The van der Waals surface area contributed by atoms with Gasteiger partial charge in [0.05, 0.1) is 6.10 Å². The molecule has 1 aromatic rings. The van der Waals surface area contributed by atoms with Gasteiger partial charge < -0.3 is 9.64 Å². The molecule has 0 radical (unpaired) electrons. The van der Waals surface area contributed by atoms with Crippen LogP contribution in [0.1, 0.15) is 45.1 Å². The molecule has 0 saturated carbocycles. The van der Waals surface area contributed by atoms with Crippen LogP contribution in [0.15, 0.2) is 24.3 Å². The van der Waals surface area contributed by atoms with Gasteiger partial charge in [-0.15, -0.1) is 0 Å². The van der Waals surface area contributed by atoms with Crippen LogP contribution in [0, 0.1) is 17.7 Å². The average molecular weight is 363 g/mol. The van der Waals surface area contributed by atoms with Crippen LogP contribution in [-0.2, 0) is 11.3 Å². The summed E-state index contributed by atoms with van der Waals surface area (Å²) in [6.45, 7) is 11.9.